The molecule has 4 aromatic rings. The Morgan fingerprint density at radius 1 is 1.14 bits per heavy atom. The number of methoxy groups -OCH3 is 1. The maximum Gasteiger partial charge on any atom is 0.256 e. The first-order valence-corrected chi connectivity index (χ1v) is 10.9. The van der Waals surface area contributed by atoms with E-state index in [0.29, 0.717) is 47.8 Å². The number of rotatable bonds is 3. The fourth-order valence-electron chi connectivity index (χ4n) is 3.83. The molecule has 1 amide bonds. The minimum absolute atomic E-state index is 0.278. The Balaban J connectivity index is 1.69. The number of benzene rings is 2. The summed E-state index contributed by atoms with van der Waals surface area (Å²) in [6, 6.07) is 11.6. The molecule has 3 N–H and O–H groups in total. The normalized spacial score (nSPS) is 12.7. The van der Waals surface area contributed by atoms with E-state index in [2.05, 4.69) is 36.0 Å². The predicted molar refractivity (Wildman–Crippen MR) is 130 cm³/mol. The number of fused-ring (bicyclic) bond motifs is 6. The maximum atomic E-state index is 12.6. The highest BCUT2D eigenvalue weighted by atomic mass is 16.5. The molecule has 2 aromatic carbocycles. The van der Waals surface area contributed by atoms with E-state index in [9.17, 15) is 4.79 Å². The van der Waals surface area contributed by atoms with Gasteiger partial charge < -0.3 is 25.4 Å². The van der Waals surface area contributed by atoms with E-state index < -0.39 is 0 Å². The maximum absolute atomic E-state index is 12.6. The molecule has 35 heavy (non-hydrogen) atoms. The number of carbonyl (C=O) groups excluding carboxylic acids is 1. The highest BCUT2D eigenvalue weighted by molar-refractivity contribution is 5.99. The largest absolute Gasteiger partial charge is 0.494 e. The molecule has 2 aromatic heterocycles. The summed E-state index contributed by atoms with van der Waals surface area (Å²) in [5.74, 6) is 1.32. The van der Waals surface area contributed by atoms with Crippen molar-refractivity contribution in [1.29, 1.82) is 0 Å². The number of amides is 1. The monoisotopic (exact) mass is 472 g/mol. The van der Waals surface area contributed by atoms with Gasteiger partial charge in [-0.3, -0.25) is 9.48 Å². The second kappa shape index (κ2) is 9.39. The van der Waals surface area contributed by atoms with Gasteiger partial charge in [0.25, 0.3) is 5.91 Å². The number of hydrogen-bond donors (Lipinski definition) is 3. The number of aryl methyl sites for hydroxylation is 1. The van der Waals surface area contributed by atoms with Crippen LogP contribution in [-0.4, -0.2) is 44.8 Å². The molecule has 11 nitrogen and oxygen atoms in total. The van der Waals surface area contributed by atoms with Crippen molar-refractivity contribution in [3.63, 3.8) is 0 Å². The molecule has 0 spiro atoms. The first-order valence-electron chi connectivity index (χ1n) is 10.9. The van der Waals surface area contributed by atoms with Gasteiger partial charge in [-0.05, 0) is 35.4 Å². The highest BCUT2D eigenvalue weighted by Crippen LogP contribution is 2.38. The van der Waals surface area contributed by atoms with Crippen LogP contribution in [0.4, 0.5) is 23.1 Å². The van der Waals surface area contributed by atoms with Crippen molar-refractivity contribution in [3.8, 4) is 17.1 Å². The third kappa shape index (κ3) is 4.62. The number of ether oxygens (including phenoxy) is 2. The predicted octanol–water partition coefficient (Wildman–Crippen LogP) is 3.16. The molecule has 0 radical (unpaired) electrons. The van der Waals surface area contributed by atoms with E-state index in [1.54, 1.807) is 32.2 Å². The third-order valence-corrected chi connectivity index (χ3v) is 5.43. The first-order chi connectivity index (χ1) is 17.0. The molecule has 1 aliphatic rings. The lowest BCUT2D eigenvalue weighted by Gasteiger charge is -2.18. The highest BCUT2D eigenvalue weighted by Gasteiger charge is 2.21. The fraction of sp³-hybridized carbons (Fsp3) is 0.208. The molecule has 0 unspecified atom stereocenters. The van der Waals surface area contributed by atoms with Crippen molar-refractivity contribution in [1.82, 2.24) is 30.0 Å². The van der Waals surface area contributed by atoms with E-state index in [4.69, 9.17) is 9.47 Å². The van der Waals surface area contributed by atoms with Gasteiger partial charge in [-0.25, -0.2) is 9.97 Å². The first kappa shape index (κ1) is 22.3. The van der Waals surface area contributed by atoms with Crippen LogP contribution < -0.4 is 20.7 Å². The molecule has 0 saturated carbocycles. The molecular formula is C24H24N8O3. The Morgan fingerprint density at radius 2 is 2.00 bits per heavy atom. The quantitative estimate of drug-likeness (QED) is 0.412. The fourth-order valence-corrected chi connectivity index (χ4v) is 3.83. The number of aromatic nitrogens is 5. The smallest absolute Gasteiger partial charge is 0.256 e. The molecule has 0 fully saturated rings. The van der Waals surface area contributed by atoms with Crippen molar-refractivity contribution in [2.45, 2.75) is 13.2 Å². The Hall–Kier alpha value is -4.51. The van der Waals surface area contributed by atoms with Crippen molar-refractivity contribution < 1.29 is 14.3 Å². The van der Waals surface area contributed by atoms with Gasteiger partial charge in [0.05, 0.1) is 31.6 Å². The Labute approximate surface area is 201 Å². The average Bonchev–Trinajstić information content (AvgIpc) is 3.29. The zero-order chi connectivity index (χ0) is 24.4. The lowest BCUT2D eigenvalue weighted by atomic mass is 10.1. The lowest BCUT2D eigenvalue weighted by molar-refractivity contribution is 0.0963. The van der Waals surface area contributed by atoms with Crippen LogP contribution in [0.1, 0.15) is 21.5 Å². The molecule has 1 aliphatic heterocycles. The summed E-state index contributed by atoms with van der Waals surface area (Å²) in [5, 5.41) is 13.5. The van der Waals surface area contributed by atoms with E-state index in [0.717, 1.165) is 16.8 Å². The van der Waals surface area contributed by atoms with E-state index >= 15 is 0 Å². The van der Waals surface area contributed by atoms with Gasteiger partial charge in [-0.1, -0.05) is 12.1 Å². The SMILES string of the molecule is CNC(=O)c1cnc2nc1Nc1cc(cc(-c3ncn(C)n3)c1OC)COCc1cccc(c1)N2. The summed E-state index contributed by atoms with van der Waals surface area (Å²) in [5.41, 5.74) is 4.22. The summed E-state index contributed by atoms with van der Waals surface area (Å²) in [6.45, 7) is 0.761. The van der Waals surface area contributed by atoms with Crippen molar-refractivity contribution in [2.75, 3.05) is 24.8 Å². The summed E-state index contributed by atoms with van der Waals surface area (Å²) >= 11 is 0. The molecule has 0 aliphatic carbocycles. The van der Waals surface area contributed by atoms with Gasteiger partial charge >= 0.3 is 0 Å². The number of carbonyl (C=O) groups is 1. The van der Waals surface area contributed by atoms with Gasteiger partial charge in [0.15, 0.2) is 11.6 Å². The van der Waals surface area contributed by atoms with Crippen LogP contribution in [0.25, 0.3) is 11.4 Å². The summed E-state index contributed by atoms with van der Waals surface area (Å²) in [4.78, 5) is 25.9. The Bertz CT molecular complexity index is 1400. The Kier molecular flexibility index (Phi) is 5.98. The van der Waals surface area contributed by atoms with Crippen LogP contribution in [0, 0.1) is 0 Å². The van der Waals surface area contributed by atoms with Crippen LogP contribution >= 0.6 is 0 Å². The molecule has 11 heteroatoms. The van der Waals surface area contributed by atoms with Gasteiger partial charge in [0.2, 0.25) is 5.95 Å². The number of anilines is 4. The second-order valence-corrected chi connectivity index (χ2v) is 7.94. The summed E-state index contributed by atoms with van der Waals surface area (Å²) in [7, 11) is 4.92. The van der Waals surface area contributed by atoms with Gasteiger partial charge in [-0.2, -0.15) is 10.1 Å². The number of hydrogen-bond acceptors (Lipinski definition) is 9. The number of nitrogens with zero attached hydrogens (tertiary/aromatic N) is 5. The minimum Gasteiger partial charge on any atom is -0.494 e. The van der Waals surface area contributed by atoms with E-state index in [-0.39, 0.29) is 11.5 Å². The molecule has 0 saturated heterocycles. The minimum atomic E-state index is -0.327. The van der Waals surface area contributed by atoms with Gasteiger partial charge in [0, 0.05) is 26.0 Å². The van der Waals surface area contributed by atoms with E-state index in [1.807, 2.05) is 36.4 Å². The van der Waals surface area contributed by atoms with Crippen LogP contribution in [0.15, 0.2) is 48.9 Å². The molecule has 0 atom stereocenters. The topological polar surface area (TPSA) is 128 Å². The van der Waals surface area contributed by atoms with Crippen molar-refractivity contribution in [2.24, 2.45) is 7.05 Å². The van der Waals surface area contributed by atoms with Crippen molar-refractivity contribution in [3.05, 3.63) is 65.6 Å². The average molecular weight is 473 g/mol. The molecule has 6 bridgehead atoms. The number of nitrogens with one attached hydrogen (secondary N) is 3. The van der Waals surface area contributed by atoms with Crippen LogP contribution in [0.3, 0.4) is 0 Å². The molecule has 5 rings (SSSR count). The summed E-state index contributed by atoms with van der Waals surface area (Å²) < 4.78 is 13.4. The van der Waals surface area contributed by atoms with Crippen molar-refractivity contribution >= 4 is 29.0 Å². The second-order valence-electron chi connectivity index (χ2n) is 7.94. The van der Waals surface area contributed by atoms with Crippen LogP contribution in [0.2, 0.25) is 0 Å². The van der Waals surface area contributed by atoms with Gasteiger partial charge in [-0.15, -0.1) is 0 Å². The van der Waals surface area contributed by atoms with Crippen LogP contribution in [0.5, 0.6) is 5.75 Å². The summed E-state index contributed by atoms with van der Waals surface area (Å²) in [6.07, 6.45) is 3.10. The molecule has 3 heterocycles. The zero-order valence-electron chi connectivity index (χ0n) is 19.5. The Morgan fingerprint density at radius 3 is 2.77 bits per heavy atom. The molecular weight excluding hydrogens is 448 g/mol. The van der Waals surface area contributed by atoms with E-state index in [1.165, 1.54) is 6.20 Å². The lowest BCUT2D eigenvalue weighted by Crippen LogP contribution is -2.20. The van der Waals surface area contributed by atoms with Gasteiger partial charge in [0.1, 0.15) is 17.7 Å². The third-order valence-electron chi connectivity index (χ3n) is 5.43. The zero-order valence-corrected chi connectivity index (χ0v) is 19.5. The standard InChI is InChI=1S/C24H24N8O3/c1-25-23(33)18-10-26-24-28-16-6-4-5-14(7-16)11-35-12-15-8-17(21-27-13-32(2)31-21)20(34-3)19(9-15)29-22(18)30-24/h4-10,13H,11-12H2,1-3H3,(H,25,33)(H2,26,28,29,30). The molecule has 178 valence electrons. The van der Waals surface area contributed by atoms with Crippen LogP contribution in [-0.2, 0) is 25.0 Å².